The van der Waals surface area contributed by atoms with Crippen molar-refractivity contribution in [2.75, 3.05) is 27.3 Å². The highest BCUT2D eigenvalue weighted by Gasteiger charge is 2.51. The van der Waals surface area contributed by atoms with Crippen LogP contribution in [-0.2, 0) is 18.8 Å². The van der Waals surface area contributed by atoms with Crippen molar-refractivity contribution < 1.29 is 23.6 Å². The second-order valence-electron chi connectivity index (χ2n) is 11.7. The first-order valence-corrected chi connectivity index (χ1v) is 14.8. The molecule has 2 amide bonds. The number of nitrogens with zero attached hydrogens (tertiary/aromatic N) is 2. The number of likely N-dealkylation sites (N-methyl/N-ethyl adjacent to an activating group) is 1. The maximum atomic E-state index is 13.1. The molecule has 2 aromatic rings. The Morgan fingerprint density at radius 3 is 1.89 bits per heavy atom. The molecule has 8 heteroatoms. The molecule has 0 radical (unpaired) electrons. The first-order valence-electron chi connectivity index (χ1n) is 12.9. The van der Waals surface area contributed by atoms with Gasteiger partial charge < -0.3 is 9.16 Å². The molecule has 0 saturated carbocycles. The lowest BCUT2D eigenvalue weighted by Crippen LogP contribution is -2.67. The second-order valence-corrected chi connectivity index (χ2v) is 16.0. The third kappa shape index (κ3) is 6.42. The van der Waals surface area contributed by atoms with Crippen molar-refractivity contribution >= 4 is 30.7 Å². The summed E-state index contributed by atoms with van der Waals surface area (Å²) in [5, 5.41) is 3.41. The number of hydroxylamine groups is 2. The van der Waals surface area contributed by atoms with E-state index in [-0.39, 0.29) is 16.9 Å². The Balaban J connectivity index is 1.94. The van der Waals surface area contributed by atoms with Crippen LogP contribution in [0.4, 0.5) is 4.79 Å². The number of likely N-dealkylation sites (tertiary alicyclic amines) is 1. The molecule has 7 nitrogen and oxygen atoms in total. The van der Waals surface area contributed by atoms with Gasteiger partial charge in [-0.05, 0) is 42.6 Å². The molecule has 1 aliphatic rings. The Morgan fingerprint density at radius 1 is 0.946 bits per heavy atom. The lowest BCUT2D eigenvalue weighted by molar-refractivity contribution is -0.173. The van der Waals surface area contributed by atoms with Crippen LogP contribution in [0.15, 0.2) is 60.7 Å². The van der Waals surface area contributed by atoms with Gasteiger partial charge in [0.1, 0.15) is 11.6 Å². The molecule has 0 bridgehead atoms. The summed E-state index contributed by atoms with van der Waals surface area (Å²) in [6, 6.07) is 20.2. The molecule has 1 fully saturated rings. The summed E-state index contributed by atoms with van der Waals surface area (Å²) in [7, 11) is 0.259. The van der Waals surface area contributed by atoms with E-state index in [9.17, 15) is 9.59 Å². The summed E-state index contributed by atoms with van der Waals surface area (Å²) in [6.45, 7) is 13.0. The molecule has 2 atom stereocenters. The van der Waals surface area contributed by atoms with Gasteiger partial charge in [0.05, 0.1) is 7.11 Å². The number of carbonyl (C=O) groups excluding carboxylic acids is 2. The van der Waals surface area contributed by atoms with Gasteiger partial charge in [-0.1, -0.05) is 81.4 Å². The van der Waals surface area contributed by atoms with Gasteiger partial charge in [-0.25, -0.2) is 9.86 Å². The third-order valence-corrected chi connectivity index (χ3v) is 11.8. The van der Waals surface area contributed by atoms with E-state index in [2.05, 4.69) is 69.3 Å². The van der Waals surface area contributed by atoms with Crippen molar-refractivity contribution in [1.82, 2.24) is 9.96 Å². The van der Waals surface area contributed by atoms with E-state index in [1.54, 1.807) is 7.05 Å². The quantitative estimate of drug-likeness (QED) is 0.399. The summed E-state index contributed by atoms with van der Waals surface area (Å²) in [5.41, 5.74) is -0.665. The molecule has 3 rings (SSSR count). The van der Waals surface area contributed by atoms with Crippen LogP contribution in [0.5, 0.6) is 0 Å². The average Bonchev–Trinajstić information content (AvgIpc) is 3.27. The standard InChI is InChI=1S/C29H42N2O5Si/c1-28(2,3)36-27(33)31-20-22(19-25(31)26(32)30(7)34-8)21-35-37(29(4,5)6,23-15-11-9-12-16-23)24-17-13-10-14-18-24/h9-18,22,25H,19-21H2,1-8H3/t22-,25+/m0/s1. The van der Waals surface area contributed by atoms with Crippen LogP contribution >= 0.6 is 0 Å². The number of hydrogen-bond donors (Lipinski definition) is 0. The fourth-order valence-corrected chi connectivity index (χ4v) is 9.75. The lowest BCUT2D eigenvalue weighted by Gasteiger charge is -2.43. The molecule has 37 heavy (non-hydrogen) atoms. The SMILES string of the molecule is CON(C)C(=O)[C@H]1C[C@H](CO[Si](c2ccccc2)(c2ccccc2)C(C)(C)C)CN1C(=O)OC(C)(C)C. The average molecular weight is 527 g/mol. The van der Waals surface area contributed by atoms with Crippen LogP contribution in [0.25, 0.3) is 0 Å². The minimum Gasteiger partial charge on any atom is -0.444 e. The van der Waals surface area contributed by atoms with E-state index in [4.69, 9.17) is 14.0 Å². The van der Waals surface area contributed by atoms with Crippen molar-refractivity contribution in [1.29, 1.82) is 0 Å². The molecule has 0 spiro atoms. The summed E-state index contributed by atoms with van der Waals surface area (Å²) >= 11 is 0. The zero-order valence-electron chi connectivity index (χ0n) is 23.5. The highest BCUT2D eigenvalue weighted by molar-refractivity contribution is 6.99. The number of amides is 2. The monoisotopic (exact) mass is 526 g/mol. The fraction of sp³-hybridized carbons (Fsp3) is 0.517. The van der Waals surface area contributed by atoms with Gasteiger partial charge in [0.25, 0.3) is 14.2 Å². The molecule has 2 aromatic carbocycles. The van der Waals surface area contributed by atoms with E-state index in [1.807, 2.05) is 32.9 Å². The van der Waals surface area contributed by atoms with Gasteiger partial charge in [-0.2, -0.15) is 0 Å². The molecule has 0 N–H and O–H groups in total. The maximum Gasteiger partial charge on any atom is 0.410 e. The fourth-order valence-electron chi connectivity index (χ4n) is 5.10. The van der Waals surface area contributed by atoms with Crippen LogP contribution in [0.1, 0.15) is 48.0 Å². The molecular weight excluding hydrogens is 484 g/mol. The van der Waals surface area contributed by atoms with E-state index in [1.165, 1.54) is 27.4 Å². The smallest absolute Gasteiger partial charge is 0.410 e. The van der Waals surface area contributed by atoms with E-state index >= 15 is 0 Å². The Hall–Kier alpha value is -2.68. The highest BCUT2D eigenvalue weighted by Crippen LogP contribution is 2.38. The molecule has 0 unspecified atom stereocenters. The van der Waals surface area contributed by atoms with Gasteiger partial charge in [-0.15, -0.1) is 0 Å². The number of benzene rings is 2. The zero-order chi connectivity index (χ0) is 27.4. The molecule has 0 aromatic heterocycles. The van der Waals surface area contributed by atoms with Crippen LogP contribution < -0.4 is 10.4 Å². The Kier molecular flexibility index (Phi) is 8.88. The van der Waals surface area contributed by atoms with Crippen molar-refractivity contribution in [3.63, 3.8) is 0 Å². The number of rotatable bonds is 7. The van der Waals surface area contributed by atoms with Crippen molar-refractivity contribution in [2.24, 2.45) is 5.92 Å². The maximum absolute atomic E-state index is 13.1. The first-order chi connectivity index (χ1) is 17.3. The van der Waals surface area contributed by atoms with Crippen LogP contribution in [0.2, 0.25) is 5.04 Å². The lowest BCUT2D eigenvalue weighted by atomic mass is 10.1. The number of carbonyl (C=O) groups is 2. The van der Waals surface area contributed by atoms with Gasteiger partial charge in [-0.3, -0.25) is 14.5 Å². The minimum atomic E-state index is -2.74. The van der Waals surface area contributed by atoms with Crippen molar-refractivity contribution in [2.45, 2.75) is 64.6 Å². The number of hydrogen-bond acceptors (Lipinski definition) is 5. The molecule has 1 saturated heterocycles. The van der Waals surface area contributed by atoms with Gasteiger partial charge in [0, 0.05) is 26.1 Å². The zero-order valence-corrected chi connectivity index (χ0v) is 24.5. The molecular formula is C29H42N2O5Si. The van der Waals surface area contributed by atoms with Gasteiger partial charge in [0.15, 0.2) is 0 Å². The van der Waals surface area contributed by atoms with Crippen molar-refractivity contribution in [3.05, 3.63) is 60.7 Å². The Labute approximate surface area is 222 Å². The second kappa shape index (κ2) is 11.4. The Bertz CT molecular complexity index is 1010. The van der Waals surface area contributed by atoms with Crippen molar-refractivity contribution in [3.8, 4) is 0 Å². The van der Waals surface area contributed by atoms with E-state index in [0.717, 1.165) is 0 Å². The van der Waals surface area contributed by atoms with E-state index < -0.39 is 26.1 Å². The summed E-state index contributed by atoms with van der Waals surface area (Å²) < 4.78 is 12.7. The van der Waals surface area contributed by atoms with Crippen LogP contribution in [0, 0.1) is 5.92 Å². The first kappa shape index (κ1) is 28.9. The summed E-state index contributed by atoms with van der Waals surface area (Å²) in [4.78, 5) is 32.9. The molecule has 1 heterocycles. The highest BCUT2D eigenvalue weighted by atomic mass is 28.4. The molecule has 1 aliphatic heterocycles. The molecule has 202 valence electrons. The summed E-state index contributed by atoms with van der Waals surface area (Å²) in [6.07, 6.45) is -0.0208. The third-order valence-electron chi connectivity index (χ3n) is 6.84. The topological polar surface area (TPSA) is 68.3 Å². The van der Waals surface area contributed by atoms with Gasteiger partial charge in [0.2, 0.25) is 0 Å². The van der Waals surface area contributed by atoms with E-state index in [0.29, 0.717) is 19.6 Å². The largest absolute Gasteiger partial charge is 0.444 e. The van der Waals surface area contributed by atoms with Gasteiger partial charge >= 0.3 is 6.09 Å². The predicted octanol–water partition coefficient (Wildman–Crippen LogP) is 4.21. The predicted molar refractivity (Wildman–Crippen MR) is 148 cm³/mol. The number of ether oxygens (including phenoxy) is 1. The van der Waals surface area contributed by atoms with Crippen LogP contribution in [0.3, 0.4) is 0 Å². The molecule has 0 aliphatic carbocycles. The Morgan fingerprint density at radius 2 is 1.46 bits per heavy atom. The summed E-state index contributed by atoms with van der Waals surface area (Å²) in [5.74, 6) is -0.310. The van der Waals surface area contributed by atoms with Crippen LogP contribution in [-0.4, -0.2) is 69.2 Å². The minimum absolute atomic E-state index is 0.0339. The normalized spacial score (nSPS) is 18.5.